The van der Waals surface area contributed by atoms with Crippen molar-refractivity contribution in [3.05, 3.63) is 28.3 Å². The highest BCUT2D eigenvalue weighted by Gasteiger charge is 2.20. The third kappa shape index (κ3) is 2.93. The van der Waals surface area contributed by atoms with Crippen LogP contribution in [0.4, 0.5) is 0 Å². The number of fused-ring (bicyclic) bond motifs is 1. The highest BCUT2D eigenvalue weighted by molar-refractivity contribution is 6.30. The molecule has 0 spiro atoms. The van der Waals surface area contributed by atoms with E-state index in [0.29, 0.717) is 6.54 Å². The lowest BCUT2D eigenvalue weighted by Crippen LogP contribution is -2.24. The predicted molar refractivity (Wildman–Crippen MR) is 71.8 cm³/mol. The maximum absolute atomic E-state index is 6.13. The summed E-state index contributed by atoms with van der Waals surface area (Å²) in [5, 5.41) is 0.815. The van der Waals surface area contributed by atoms with Gasteiger partial charge in [-0.1, -0.05) is 25.4 Å². The van der Waals surface area contributed by atoms with E-state index in [0.717, 1.165) is 36.6 Å². The Labute approximate surface area is 108 Å². The first-order valence-corrected chi connectivity index (χ1v) is 6.54. The van der Waals surface area contributed by atoms with Crippen molar-refractivity contribution in [2.24, 2.45) is 11.1 Å². The van der Waals surface area contributed by atoms with Crippen molar-refractivity contribution in [3.8, 4) is 5.75 Å². The van der Waals surface area contributed by atoms with Gasteiger partial charge < -0.3 is 10.5 Å². The fourth-order valence-electron chi connectivity index (χ4n) is 2.11. The summed E-state index contributed by atoms with van der Waals surface area (Å²) in [7, 11) is 0. The van der Waals surface area contributed by atoms with Crippen LogP contribution in [0.25, 0.3) is 0 Å². The molecule has 0 unspecified atom stereocenters. The van der Waals surface area contributed by atoms with Crippen molar-refractivity contribution in [2.75, 3.05) is 13.2 Å². The molecule has 1 aromatic rings. The minimum Gasteiger partial charge on any atom is -0.493 e. The zero-order valence-electron chi connectivity index (χ0n) is 10.6. The maximum atomic E-state index is 6.13. The van der Waals surface area contributed by atoms with Gasteiger partial charge in [-0.2, -0.15) is 0 Å². The van der Waals surface area contributed by atoms with E-state index in [4.69, 9.17) is 22.1 Å². The molecule has 0 saturated heterocycles. The molecule has 1 aliphatic heterocycles. The number of rotatable bonds is 4. The highest BCUT2D eigenvalue weighted by atomic mass is 35.5. The number of hydrogen-bond acceptors (Lipinski definition) is 2. The SMILES string of the molecule is CC(C)(CN)CCc1cc(Cl)cc2c1OCC2. The van der Waals surface area contributed by atoms with Crippen LogP contribution in [0.5, 0.6) is 5.75 Å². The summed E-state index contributed by atoms with van der Waals surface area (Å²) in [6, 6.07) is 4.04. The molecule has 0 fully saturated rings. The van der Waals surface area contributed by atoms with Gasteiger partial charge in [0.05, 0.1) is 6.61 Å². The largest absolute Gasteiger partial charge is 0.493 e. The minimum atomic E-state index is 0.174. The van der Waals surface area contributed by atoms with Crippen LogP contribution in [0.1, 0.15) is 31.4 Å². The first-order chi connectivity index (χ1) is 8.02. The second-order valence-corrected chi connectivity index (χ2v) is 5.96. The number of aryl methyl sites for hydroxylation is 1. The Bertz CT molecular complexity index is 415. The van der Waals surface area contributed by atoms with Gasteiger partial charge in [0.2, 0.25) is 0 Å². The highest BCUT2D eigenvalue weighted by Crippen LogP contribution is 2.35. The Morgan fingerprint density at radius 1 is 1.41 bits per heavy atom. The predicted octanol–water partition coefficient (Wildman–Crippen LogP) is 3.19. The number of halogens is 1. The van der Waals surface area contributed by atoms with Crippen LogP contribution in [-0.4, -0.2) is 13.2 Å². The van der Waals surface area contributed by atoms with Gasteiger partial charge in [0.25, 0.3) is 0 Å². The standard InChI is InChI=1S/C14H20ClNO/c1-14(2,9-16)5-3-10-7-12(15)8-11-4-6-17-13(10)11/h7-8H,3-6,9,16H2,1-2H3. The molecule has 0 saturated carbocycles. The number of ether oxygens (including phenoxy) is 1. The zero-order chi connectivity index (χ0) is 12.5. The average molecular weight is 254 g/mol. The molecule has 0 aliphatic carbocycles. The molecule has 3 heteroatoms. The maximum Gasteiger partial charge on any atom is 0.125 e. The minimum absolute atomic E-state index is 0.174. The lowest BCUT2D eigenvalue weighted by Gasteiger charge is -2.22. The van der Waals surface area contributed by atoms with Crippen molar-refractivity contribution in [2.45, 2.75) is 33.1 Å². The van der Waals surface area contributed by atoms with Crippen LogP contribution in [0.15, 0.2) is 12.1 Å². The van der Waals surface area contributed by atoms with E-state index < -0.39 is 0 Å². The summed E-state index contributed by atoms with van der Waals surface area (Å²) in [4.78, 5) is 0. The number of benzene rings is 1. The smallest absolute Gasteiger partial charge is 0.125 e. The fourth-order valence-corrected chi connectivity index (χ4v) is 2.37. The first-order valence-electron chi connectivity index (χ1n) is 6.16. The quantitative estimate of drug-likeness (QED) is 0.895. The lowest BCUT2D eigenvalue weighted by atomic mass is 9.86. The van der Waals surface area contributed by atoms with Crippen LogP contribution in [0.3, 0.4) is 0 Å². The van der Waals surface area contributed by atoms with Crippen LogP contribution in [-0.2, 0) is 12.8 Å². The molecule has 2 N–H and O–H groups in total. The zero-order valence-corrected chi connectivity index (χ0v) is 11.3. The van der Waals surface area contributed by atoms with E-state index >= 15 is 0 Å². The fraction of sp³-hybridized carbons (Fsp3) is 0.571. The Morgan fingerprint density at radius 2 is 2.18 bits per heavy atom. The average Bonchev–Trinajstić information content (AvgIpc) is 2.73. The van der Waals surface area contributed by atoms with Crippen LogP contribution < -0.4 is 10.5 Å². The second-order valence-electron chi connectivity index (χ2n) is 5.52. The molecule has 0 bridgehead atoms. The summed E-state index contributed by atoms with van der Waals surface area (Å²) in [5.74, 6) is 1.06. The van der Waals surface area contributed by atoms with E-state index in [1.807, 2.05) is 12.1 Å². The van der Waals surface area contributed by atoms with Gasteiger partial charge in [0, 0.05) is 11.4 Å². The van der Waals surface area contributed by atoms with Gasteiger partial charge in [0.15, 0.2) is 0 Å². The summed E-state index contributed by atoms with van der Waals surface area (Å²) < 4.78 is 5.69. The molecule has 1 heterocycles. The molecule has 0 aromatic heterocycles. The van der Waals surface area contributed by atoms with E-state index in [1.54, 1.807) is 0 Å². The third-order valence-electron chi connectivity index (χ3n) is 3.45. The van der Waals surface area contributed by atoms with Crippen molar-refractivity contribution >= 4 is 11.6 Å². The molecule has 2 rings (SSSR count). The second kappa shape index (κ2) is 4.87. The molecule has 0 amide bonds. The summed E-state index contributed by atoms with van der Waals surface area (Å²) in [6.45, 7) is 5.87. The molecular formula is C14H20ClNO. The number of nitrogens with two attached hydrogens (primary N) is 1. The molecule has 1 aliphatic rings. The van der Waals surface area contributed by atoms with E-state index in [2.05, 4.69) is 13.8 Å². The molecule has 2 nitrogen and oxygen atoms in total. The van der Waals surface area contributed by atoms with Gasteiger partial charge in [-0.15, -0.1) is 0 Å². The van der Waals surface area contributed by atoms with Gasteiger partial charge >= 0.3 is 0 Å². The van der Waals surface area contributed by atoms with Crippen molar-refractivity contribution in [1.82, 2.24) is 0 Å². The van der Waals surface area contributed by atoms with Crippen LogP contribution in [0, 0.1) is 5.41 Å². The molecule has 0 atom stereocenters. The Hall–Kier alpha value is -0.730. The first kappa shape index (κ1) is 12.7. The Balaban J connectivity index is 2.16. The molecule has 17 heavy (non-hydrogen) atoms. The summed E-state index contributed by atoms with van der Waals surface area (Å²) in [5.41, 5.74) is 8.41. The monoisotopic (exact) mass is 253 g/mol. The normalized spacial score (nSPS) is 14.6. The van der Waals surface area contributed by atoms with Gasteiger partial charge in [0.1, 0.15) is 5.75 Å². The molecule has 94 valence electrons. The van der Waals surface area contributed by atoms with E-state index in [9.17, 15) is 0 Å². The molecular weight excluding hydrogens is 234 g/mol. The summed E-state index contributed by atoms with van der Waals surface area (Å²) >= 11 is 6.13. The van der Waals surface area contributed by atoms with Crippen molar-refractivity contribution < 1.29 is 4.74 Å². The number of hydrogen-bond donors (Lipinski definition) is 1. The molecule has 1 aromatic carbocycles. The van der Waals surface area contributed by atoms with Gasteiger partial charge in [-0.25, -0.2) is 0 Å². The lowest BCUT2D eigenvalue weighted by molar-refractivity contribution is 0.334. The van der Waals surface area contributed by atoms with Crippen molar-refractivity contribution in [1.29, 1.82) is 0 Å². The van der Waals surface area contributed by atoms with Crippen LogP contribution >= 0.6 is 11.6 Å². The topological polar surface area (TPSA) is 35.2 Å². The Kier molecular flexibility index (Phi) is 3.64. The van der Waals surface area contributed by atoms with Crippen LogP contribution in [0.2, 0.25) is 5.02 Å². The third-order valence-corrected chi connectivity index (χ3v) is 3.67. The Morgan fingerprint density at radius 3 is 2.88 bits per heavy atom. The van der Waals surface area contributed by atoms with Gasteiger partial charge in [-0.3, -0.25) is 0 Å². The summed E-state index contributed by atoms with van der Waals surface area (Å²) in [6.07, 6.45) is 3.01. The van der Waals surface area contributed by atoms with Gasteiger partial charge in [-0.05, 0) is 48.1 Å². The van der Waals surface area contributed by atoms with E-state index in [1.165, 1.54) is 11.1 Å². The van der Waals surface area contributed by atoms with E-state index in [-0.39, 0.29) is 5.41 Å². The van der Waals surface area contributed by atoms with Crippen molar-refractivity contribution in [3.63, 3.8) is 0 Å². The molecule has 0 radical (unpaired) electrons.